The predicted octanol–water partition coefficient (Wildman–Crippen LogP) is 2.81. The molecule has 0 unspecified atom stereocenters. The maximum Gasteiger partial charge on any atom is 0.123 e. The minimum atomic E-state index is -0.284. The van der Waals surface area contributed by atoms with Crippen molar-refractivity contribution in [1.29, 1.82) is 5.41 Å². The molecular weight excluding hydrogens is 153 g/mol. The Morgan fingerprint density at radius 2 is 2.33 bits per heavy atom. The topological polar surface area (TPSA) is 23.9 Å². The van der Waals surface area contributed by atoms with E-state index < -0.39 is 0 Å². The average Bonchev–Trinajstić information content (AvgIpc) is 2.05. The van der Waals surface area contributed by atoms with Gasteiger partial charge in [0.2, 0.25) is 0 Å². The molecular formula is C10H11FN. The minimum absolute atomic E-state index is 0.284. The summed E-state index contributed by atoms with van der Waals surface area (Å²) < 4.78 is 12.7. The SMILES string of the molecule is C[CH]CC(=N)c1cccc(F)c1. The summed E-state index contributed by atoms with van der Waals surface area (Å²) in [5.74, 6) is -0.284. The van der Waals surface area contributed by atoms with Crippen molar-refractivity contribution in [3.05, 3.63) is 42.1 Å². The zero-order chi connectivity index (χ0) is 8.97. The highest BCUT2D eigenvalue weighted by molar-refractivity contribution is 5.98. The molecule has 0 aliphatic rings. The molecule has 1 N–H and O–H groups in total. The van der Waals surface area contributed by atoms with Crippen molar-refractivity contribution < 1.29 is 4.39 Å². The zero-order valence-electron chi connectivity index (χ0n) is 6.97. The summed E-state index contributed by atoms with van der Waals surface area (Å²) in [6, 6.07) is 6.13. The Kier molecular flexibility index (Phi) is 2.97. The van der Waals surface area contributed by atoms with Gasteiger partial charge < -0.3 is 5.41 Å². The molecule has 0 bridgehead atoms. The van der Waals surface area contributed by atoms with Gasteiger partial charge in [-0.15, -0.1) is 0 Å². The number of hydrogen-bond donors (Lipinski definition) is 1. The number of rotatable bonds is 3. The number of hydrogen-bond acceptors (Lipinski definition) is 1. The van der Waals surface area contributed by atoms with Crippen LogP contribution < -0.4 is 0 Å². The summed E-state index contributed by atoms with van der Waals surface area (Å²) in [6.45, 7) is 1.88. The summed E-state index contributed by atoms with van der Waals surface area (Å²) in [4.78, 5) is 0. The largest absolute Gasteiger partial charge is 0.305 e. The van der Waals surface area contributed by atoms with Gasteiger partial charge in [0.25, 0.3) is 0 Å². The van der Waals surface area contributed by atoms with Gasteiger partial charge >= 0.3 is 0 Å². The lowest BCUT2D eigenvalue weighted by Crippen LogP contribution is -1.98. The Morgan fingerprint density at radius 3 is 2.92 bits per heavy atom. The molecule has 2 heteroatoms. The standard InChI is InChI=1S/C10H11FN/c1-2-4-10(12)8-5-3-6-9(11)7-8/h2-3,5-7,12H,4H2,1H3. The molecule has 0 aliphatic heterocycles. The van der Waals surface area contributed by atoms with Crippen LogP contribution in [-0.4, -0.2) is 5.71 Å². The summed E-state index contributed by atoms with van der Waals surface area (Å²) in [7, 11) is 0. The molecule has 1 radical (unpaired) electrons. The second-order valence-electron chi connectivity index (χ2n) is 2.60. The zero-order valence-corrected chi connectivity index (χ0v) is 6.97. The van der Waals surface area contributed by atoms with Crippen LogP contribution in [0.1, 0.15) is 18.9 Å². The first-order valence-electron chi connectivity index (χ1n) is 3.85. The Morgan fingerprint density at radius 1 is 1.58 bits per heavy atom. The first kappa shape index (κ1) is 8.91. The van der Waals surface area contributed by atoms with Gasteiger partial charge in [-0.2, -0.15) is 0 Å². The first-order valence-corrected chi connectivity index (χ1v) is 3.85. The Hall–Kier alpha value is -1.18. The third kappa shape index (κ3) is 2.16. The van der Waals surface area contributed by atoms with Gasteiger partial charge in [0.1, 0.15) is 5.82 Å². The molecule has 0 amide bonds. The van der Waals surface area contributed by atoms with E-state index in [0.29, 0.717) is 17.7 Å². The van der Waals surface area contributed by atoms with Crippen LogP contribution in [0, 0.1) is 17.6 Å². The van der Waals surface area contributed by atoms with Crippen molar-refractivity contribution >= 4 is 5.71 Å². The second kappa shape index (κ2) is 4.00. The van der Waals surface area contributed by atoms with Crippen molar-refractivity contribution in [2.24, 2.45) is 0 Å². The van der Waals surface area contributed by atoms with E-state index in [2.05, 4.69) is 0 Å². The van der Waals surface area contributed by atoms with E-state index in [9.17, 15) is 4.39 Å². The van der Waals surface area contributed by atoms with E-state index in [1.807, 2.05) is 13.3 Å². The van der Waals surface area contributed by atoms with Crippen LogP contribution in [0.4, 0.5) is 4.39 Å². The normalized spacial score (nSPS) is 9.83. The predicted molar refractivity (Wildman–Crippen MR) is 47.8 cm³/mol. The van der Waals surface area contributed by atoms with Gasteiger partial charge in [-0.05, 0) is 30.5 Å². The molecule has 0 fully saturated rings. The van der Waals surface area contributed by atoms with Gasteiger partial charge in [0.05, 0.1) is 0 Å². The average molecular weight is 164 g/mol. The van der Waals surface area contributed by atoms with Crippen molar-refractivity contribution in [1.82, 2.24) is 0 Å². The smallest absolute Gasteiger partial charge is 0.123 e. The molecule has 0 atom stereocenters. The molecule has 0 heterocycles. The van der Waals surface area contributed by atoms with E-state index in [4.69, 9.17) is 5.41 Å². The fourth-order valence-corrected chi connectivity index (χ4v) is 0.998. The number of benzene rings is 1. The van der Waals surface area contributed by atoms with Crippen molar-refractivity contribution in [3.8, 4) is 0 Å². The lowest BCUT2D eigenvalue weighted by atomic mass is 10.1. The second-order valence-corrected chi connectivity index (χ2v) is 2.60. The molecule has 0 saturated heterocycles. The number of halogens is 1. The molecule has 0 spiro atoms. The first-order chi connectivity index (χ1) is 5.74. The van der Waals surface area contributed by atoms with Crippen LogP contribution in [0.25, 0.3) is 0 Å². The van der Waals surface area contributed by atoms with E-state index in [1.54, 1.807) is 12.1 Å². The number of nitrogens with one attached hydrogen (secondary N) is 1. The lowest BCUT2D eigenvalue weighted by molar-refractivity contribution is 0.627. The quantitative estimate of drug-likeness (QED) is 0.664. The van der Waals surface area contributed by atoms with Crippen molar-refractivity contribution in [2.45, 2.75) is 13.3 Å². The Balaban J connectivity index is 2.81. The highest BCUT2D eigenvalue weighted by Gasteiger charge is 2.00. The molecule has 1 rings (SSSR count). The van der Waals surface area contributed by atoms with Crippen LogP contribution in [-0.2, 0) is 0 Å². The molecule has 1 nitrogen and oxygen atoms in total. The van der Waals surface area contributed by atoms with Gasteiger partial charge in [-0.25, -0.2) is 4.39 Å². The molecule has 0 aromatic heterocycles. The Bertz CT molecular complexity index is 281. The molecule has 12 heavy (non-hydrogen) atoms. The van der Waals surface area contributed by atoms with E-state index in [0.717, 1.165) is 0 Å². The van der Waals surface area contributed by atoms with Crippen LogP contribution in [0.5, 0.6) is 0 Å². The Labute approximate surface area is 71.7 Å². The van der Waals surface area contributed by atoms with E-state index in [-0.39, 0.29) is 5.82 Å². The fraction of sp³-hybridized carbons (Fsp3) is 0.200. The highest BCUT2D eigenvalue weighted by atomic mass is 19.1. The van der Waals surface area contributed by atoms with Gasteiger partial charge in [-0.3, -0.25) is 0 Å². The molecule has 63 valence electrons. The van der Waals surface area contributed by atoms with E-state index >= 15 is 0 Å². The van der Waals surface area contributed by atoms with Crippen LogP contribution in [0.3, 0.4) is 0 Å². The molecule has 0 aliphatic carbocycles. The van der Waals surface area contributed by atoms with Crippen LogP contribution in [0.2, 0.25) is 0 Å². The summed E-state index contributed by atoms with van der Waals surface area (Å²) in [6.07, 6.45) is 2.47. The van der Waals surface area contributed by atoms with Gasteiger partial charge in [-0.1, -0.05) is 19.1 Å². The van der Waals surface area contributed by atoms with Gasteiger partial charge in [0, 0.05) is 5.71 Å². The minimum Gasteiger partial charge on any atom is -0.305 e. The van der Waals surface area contributed by atoms with Crippen LogP contribution in [0.15, 0.2) is 24.3 Å². The van der Waals surface area contributed by atoms with Gasteiger partial charge in [0.15, 0.2) is 0 Å². The maximum atomic E-state index is 12.7. The van der Waals surface area contributed by atoms with Crippen molar-refractivity contribution in [2.75, 3.05) is 0 Å². The molecule has 0 saturated carbocycles. The van der Waals surface area contributed by atoms with Crippen molar-refractivity contribution in [3.63, 3.8) is 0 Å². The lowest BCUT2D eigenvalue weighted by Gasteiger charge is -2.00. The summed E-state index contributed by atoms with van der Waals surface area (Å²) in [5.41, 5.74) is 1.12. The monoisotopic (exact) mass is 164 g/mol. The summed E-state index contributed by atoms with van der Waals surface area (Å²) >= 11 is 0. The summed E-state index contributed by atoms with van der Waals surface area (Å²) in [5, 5.41) is 7.53. The third-order valence-electron chi connectivity index (χ3n) is 1.58. The fourth-order valence-electron chi connectivity index (χ4n) is 0.998. The molecule has 1 aromatic carbocycles. The maximum absolute atomic E-state index is 12.7. The molecule has 1 aromatic rings. The third-order valence-corrected chi connectivity index (χ3v) is 1.58. The van der Waals surface area contributed by atoms with Crippen LogP contribution >= 0.6 is 0 Å². The highest BCUT2D eigenvalue weighted by Crippen LogP contribution is 2.06. The van der Waals surface area contributed by atoms with E-state index in [1.165, 1.54) is 12.1 Å².